The molecular formula is C12H13BrN4O. The highest BCUT2D eigenvalue weighted by molar-refractivity contribution is 9.10. The molecule has 1 amide bonds. The van der Waals surface area contributed by atoms with Crippen molar-refractivity contribution in [1.82, 2.24) is 20.1 Å². The summed E-state index contributed by atoms with van der Waals surface area (Å²) in [5, 5.41) is 6.87. The molecule has 1 aromatic heterocycles. The van der Waals surface area contributed by atoms with Gasteiger partial charge in [0.1, 0.15) is 6.33 Å². The lowest BCUT2D eigenvalue weighted by molar-refractivity contribution is 0.0949. The minimum atomic E-state index is -0.127. The maximum atomic E-state index is 11.9. The second-order valence-electron chi connectivity index (χ2n) is 3.98. The van der Waals surface area contributed by atoms with E-state index in [-0.39, 0.29) is 5.91 Å². The highest BCUT2D eigenvalue weighted by Gasteiger charge is 2.08. The standard InChI is InChI=1S/C12H13BrN4O/c1-8-5-9(3-4-10(8)13)12(18)14-6-11-15-7-17(2)16-11/h3-5,7H,6H2,1-2H3,(H,14,18). The van der Waals surface area contributed by atoms with E-state index in [0.29, 0.717) is 17.9 Å². The van der Waals surface area contributed by atoms with Gasteiger partial charge in [0.25, 0.3) is 5.91 Å². The second-order valence-corrected chi connectivity index (χ2v) is 4.84. The number of hydrogen-bond acceptors (Lipinski definition) is 3. The van der Waals surface area contributed by atoms with Crippen LogP contribution in [-0.2, 0) is 13.6 Å². The number of rotatable bonds is 3. The van der Waals surface area contributed by atoms with E-state index in [2.05, 4.69) is 31.3 Å². The Morgan fingerprint density at radius 2 is 2.28 bits per heavy atom. The predicted molar refractivity (Wildman–Crippen MR) is 71.1 cm³/mol. The number of halogens is 1. The molecule has 1 heterocycles. The lowest BCUT2D eigenvalue weighted by atomic mass is 10.1. The van der Waals surface area contributed by atoms with Crippen LogP contribution in [0.3, 0.4) is 0 Å². The number of aryl methyl sites for hydroxylation is 2. The van der Waals surface area contributed by atoms with Gasteiger partial charge in [-0.3, -0.25) is 9.48 Å². The number of carbonyl (C=O) groups excluding carboxylic acids is 1. The first kappa shape index (κ1) is 12.8. The molecule has 0 saturated heterocycles. The zero-order valence-corrected chi connectivity index (χ0v) is 11.7. The van der Waals surface area contributed by atoms with Gasteiger partial charge in [0, 0.05) is 17.1 Å². The van der Waals surface area contributed by atoms with Crippen LogP contribution < -0.4 is 5.32 Å². The Bertz CT molecular complexity index is 579. The first-order chi connectivity index (χ1) is 8.56. The van der Waals surface area contributed by atoms with Crippen molar-refractivity contribution in [3.63, 3.8) is 0 Å². The van der Waals surface area contributed by atoms with Crippen LogP contribution in [0, 0.1) is 6.92 Å². The van der Waals surface area contributed by atoms with Crippen molar-refractivity contribution in [2.75, 3.05) is 0 Å². The van der Waals surface area contributed by atoms with Crippen LogP contribution in [0.1, 0.15) is 21.7 Å². The molecule has 0 unspecified atom stereocenters. The Balaban J connectivity index is 2.01. The van der Waals surface area contributed by atoms with Crippen LogP contribution in [-0.4, -0.2) is 20.7 Å². The van der Waals surface area contributed by atoms with Crippen LogP contribution in [0.2, 0.25) is 0 Å². The molecule has 0 aliphatic rings. The van der Waals surface area contributed by atoms with Gasteiger partial charge >= 0.3 is 0 Å². The fourth-order valence-electron chi connectivity index (χ4n) is 1.51. The van der Waals surface area contributed by atoms with E-state index < -0.39 is 0 Å². The quantitative estimate of drug-likeness (QED) is 0.941. The Labute approximate surface area is 113 Å². The van der Waals surface area contributed by atoms with Gasteiger partial charge < -0.3 is 5.32 Å². The molecule has 0 aliphatic heterocycles. The largest absolute Gasteiger partial charge is 0.345 e. The SMILES string of the molecule is Cc1cc(C(=O)NCc2ncn(C)n2)ccc1Br. The second kappa shape index (κ2) is 5.30. The van der Waals surface area contributed by atoms with Gasteiger partial charge in [0.05, 0.1) is 6.54 Å². The molecule has 6 heteroatoms. The summed E-state index contributed by atoms with van der Waals surface area (Å²) in [6.45, 7) is 2.27. The number of carbonyl (C=O) groups is 1. The van der Waals surface area contributed by atoms with Crippen molar-refractivity contribution in [2.45, 2.75) is 13.5 Å². The smallest absolute Gasteiger partial charge is 0.251 e. The third-order valence-electron chi connectivity index (χ3n) is 2.47. The summed E-state index contributed by atoms with van der Waals surface area (Å²) in [5.41, 5.74) is 1.66. The van der Waals surface area contributed by atoms with Gasteiger partial charge in [-0.05, 0) is 30.7 Å². The number of nitrogens with one attached hydrogen (secondary N) is 1. The molecule has 1 N–H and O–H groups in total. The molecule has 0 aliphatic carbocycles. The van der Waals surface area contributed by atoms with Crippen molar-refractivity contribution >= 4 is 21.8 Å². The molecule has 0 fully saturated rings. The number of hydrogen-bond donors (Lipinski definition) is 1. The average Bonchev–Trinajstić information content (AvgIpc) is 2.75. The first-order valence-corrected chi connectivity index (χ1v) is 6.24. The summed E-state index contributed by atoms with van der Waals surface area (Å²) in [5.74, 6) is 0.470. The van der Waals surface area contributed by atoms with Crippen LogP contribution in [0.25, 0.3) is 0 Å². The van der Waals surface area contributed by atoms with Crippen LogP contribution >= 0.6 is 15.9 Å². The summed E-state index contributed by atoms with van der Waals surface area (Å²) in [7, 11) is 1.79. The summed E-state index contributed by atoms with van der Waals surface area (Å²) >= 11 is 3.40. The monoisotopic (exact) mass is 308 g/mol. The summed E-state index contributed by atoms with van der Waals surface area (Å²) in [6, 6.07) is 5.48. The van der Waals surface area contributed by atoms with E-state index >= 15 is 0 Å². The van der Waals surface area contributed by atoms with E-state index in [0.717, 1.165) is 10.0 Å². The number of nitrogens with zero attached hydrogens (tertiary/aromatic N) is 3. The molecule has 0 radical (unpaired) electrons. The predicted octanol–water partition coefficient (Wildman–Crippen LogP) is 1.82. The Morgan fingerprint density at radius 3 is 2.89 bits per heavy atom. The maximum Gasteiger partial charge on any atom is 0.251 e. The molecule has 0 atom stereocenters. The van der Waals surface area contributed by atoms with E-state index in [1.54, 1.807) is 24.1 Å². The van der Waals surface area contributed by atoms with Crippen molar-refractivity contribution in [3.05, 3.63) is 46.0 Å². The summed E-state index contributed by atoms with van der Waals surface area (Å²) in [4.78, 5) is 15.9. The fraction of sp³-hybridized carbons (Fsp3) is 0.250. The van der Waals surface area contributed by atoms with Crippen LogP contribution in [0.5, 0.6) is 0 Å². The zero-order valence-electron chi connectivity index (χ0n) is 10.1. The summed E-state index contributed by atoms with van der Waals surface area (Å²) in [6.07, 6.45) is 1.60. The van der Waals surface area contributed by atoms with Gasteiger partial charge in [0.15, 0.2) is 5.82 Å². The molecule has 0 saturated carbocycles. The molecule has 94 valence electrons. The van der Waals surface area contributed by atoms with Crippen LogP contribution in [0.4, 0.5) is 0 Å². The number of amides is 1. The van der Waals surface area contributed by atoms with E-state index in [9.17, 15) is 4.79 Å². The molecular weight excluding hydrogens is 296 g/mol. The van der Waals surface area contributed by atoms with Gasteiger partial charge in [-0.15, -0.1) is 0 Å². The molecule has 1 aromatic carbocycles. The Kier molecular flexibility index (Phi) is 3.76. The van der Waals surface area contributed by atoms with Gasteiger partial charge in [-0.1, -0.05) is 15.9 Å². The van der Waals surface area contributed by atoms with E-state index in [4.69, 9.17) is 0 Å². The molecule has 0 spiro atoms. The topological polar surface area (TPSA) is 59.8 Å². The minimum absolute atomic E-state index is 0.127. The minimum Gasteiger partial charge on any atom is -0.345 e. The fourth-order valence-corrected chi connectivity index (χ4v) is 1.76. The molecule has 0 bridgehead atoms. The lowest BCUT2D eigenvalue weighted by Gasteiger charge is -2.05. The van der Waals surface area contributed by atoms with Gasteiger partial charge in [0.2, 0.25) is 0 Å². The number of aromatic nitrogens is 3. The zero-order chi connectivity index (χ0) is 13.1. The Morgan fingerprint density at radius 1 is 1.50 bits per heavy atom. The normalized spacial score (nSPS) is 10.4. The van der Waals surface area contributed by atoms with Crippen molar-refractivity contribution in [2.24, 2.45) is 7.05 Å². The summed E-state index contributed by atoms with van der Waals surface area (Å²) < 4.78 is 2.59. The van der Waals surface area contributed by atoms with Gasteiger partial charge in [-0.2, -0.15) is 5.10 Å². The molecule has 2 rings (SSSR count). The molecule has 18 heavy (non-hydrogen) atoms. The first-order valence-electron chi connectivity index (χ1n) is 5.45. The third-order valence-corrected chi connectivity index (χ3v) is 3.36. The van der Waals surface area contributed by atoms with Crippen molar-refractivity contribution in [3.8, 4) is 0 Å². The highest BCUT2D eigenvalue weighted by Crippen LogP contribution is 2.16. The number of benzene rings is 1. The molecule has 2 aromatic rings. The van der Waals surface area contributed by atoms with E-state index in [1.165, 1.54) is 0 Å². The van der Waals surface area contributed by atoms with Crippen molar-refractivity contribution in [1.29, 1.82) is 0 Å². The Hall–Kier alpha value is -1.69. The lowest BCUT2D eigenvalue weighted by Crippen LogP contribution is -2.23. The maximum absolute atomic E-state index is 11.9. The average molecular weight is 309 g/mol. The van der Waals surface area contributed by atoms with Crippen molar-refractivity contribution < 1.29 is 4.79 Å². The molecule has 5 nitrogen and oxygen atoms in total. The highest BCUT2D eigenvalue weighted by atomic mass is 79.9. The van der Waals surface area contributed by atoms with Gasteiger partial charge in [-0.25, -0.2) is 4.98 Å². The third kappa shape index (κ3) is 2.95. The van der Waals surface area contributed by atoms with Crippen LogP contribution in [0.15, 0.2) is 29.0 Å². The van der Waals surface area contributed by atoms with E-state index in [1.807, 2.05) is 19.1 Å².